The first-order valence-electron chi connectivity index (χ1n) is 6.04. The number of fused-ring (bicyclic) bond motifs is 1. The van der Waals surface area contributed by atoms with Gasteiger partial charge in [0.25, 0.3) is 5.91 Å². The minimum atomic E-state index is -0.375. The Bertz CT molecular complexity index is 354. The molecule has 3 aliphatic rings. The van der Waals surface area contributed by atoms with Gasteiger partial charge in [-0.25, -0.2) is 0 Å². The van der Waals surface area contributed by atoms with Crippen molar-refractivity contribution in [2.24, 2.45) is 4.99 Å². The summed E-state index contributed by atoms with van der Waals surface area (Å²) >= 11 is 0. The van der Waals surface area contributed by atoms with Crippen molar-refractivity contribution in [1.29, 1.82) is 0 Å². The number of piperidine rings is 1. The van der Waals surface area contributed by atoms with E-state index in [4.69, 9.17) is 0 Å². The Morgan fingerprint density at radius 1 is 1.50 bits per heavy atom. The Balaban J connectivity index is 1.82. The molecule has 5 nitrogen and oxygen atoms in total. The van der Waals surface area contributed by atoms with E-state index in [2.05, 4.69) is 20.5 Å². The predicted octanol–water partition coefficient (Wildman–Crippen LogP) is -0.311. The van der Waals surface area contributed by atoms with Crippen LogP contribution >= 0.6 is 0 Å². The van der Waals surface area contributed by atoms with Crippen LogP contribution in [0.5, 0.6) is 0 Å². The summed E-state index contributed by atoms with van der Waals surface area (Å²) in [5.41, 5.74) is -0.375. The van der Waals surface area contributed by atoms with Gasteiger partial charge in [-0.3, -0.25) is 15.1 Å². The van der Waals surface area contributed by atoms with E-state index < -0.39 is 0 Å². The lowest BCUT2D eigenvalue weighted by Crippen LogP contribution is -2.57. The largest absolute Gasteiger partial charge is 0.342 e. The molecule has 3 rings (SSSR count). The van der Waals surface area contributed by atoms with Gasteiger partial charge in [-0.2, -0.15) is 0 Å². The van der Waals surface area contributed by atoms with Crippen LogP contribution in [0.15, 0.2) is 4.99 Å². The third kappa shape index (κ3) is 1.34. The summed E-state index contributed by atoms with van der Waals surface area (Å²) in [7, 11) is 1.70. The van der Waals surface area contributed by atoms with E-state index >= 15 is 0 Å². The topological polar surface area (TPSA) is 56.7 Å². The number of carbonyl (C=O) groups is 1. The summed E-state index contributed by atoms with van der Waals surface area (Å²) in [5.74, 6) is 0.746. The summed E-state index contributed by atoms with van der Waals surface area (Å²) in [6, 6.07) is 0.586. The molecule has 3 fully saturated rings. The minimum Gasteiger partial charge on any atom is -0.342 e. The summed E-state index contributed by atoms with van der Waals surface area (Å²) in [5, 5.41) is 6.11. The zero-order valence-electron chi connectivity index (χ0n) is 9.62. The molecule has 88 valence electrons. The van der Waals surface area contributed by atoms with Gasteiger partial charge in [0.1, 0.15) is 5.54 Å². The van der Waals surface area contributed by atoms with Gasteiger partial charge in [0.05, 0.1) is 0 Å². The molecule has 1 amide bonds. The maximum absolute atomic E-state index is 12.0. The third-order valence-corrected chi connectivity index (χ3v) is 4.16. The summed E-state index contributed by atoms with van der Waals surface area (Å²) < 4.78 is 0. The predicted molar refractivity (Wildman–Crippen MR) is 61.2 cm³/mol. The summed E-state index contributed by atoms with van der Waals surface area (Å²) in [6.07, 6.45) is 4.33. The van der Waals surface area contributed by atoms with Crippen molar-refractivity contribution in [3.63, 3.8) is 0 Å². The Kier molecular flexibility index (Phi) is 2.17. The van der Waals surface area contributed by atoms with Crippen LogP contribution in [0, 0.1) is 0 Å². The van der Waals surface area contributed by atoms with E-state index in [9.17, 15) is 4.79 Å². The van der Waals surface area contributed by atoms with Crippen LogP contribution in [0.2, 0.25) is 0 Å². The van der Waals surface area contributed by atoms with Crippen molar-refractivity contribution >= 4 is 11.9 Å². The molecule has 3 aliphatic heterocycles. The van der Waals surface area contributed by atoms with Crippen molar-refractivity contribution in [3.8, 4) is 0 Å². The van der Waals surface area contributed by atoms with Gasteiger partial charge in [-0.1, -0.05) is 0 Å². The molecule has 2 N–H and O–H groups in total. The van der Waals surface area contributed by atoms with Crippen LogP contribution in [0.4, 0.5) is 0 Å². The highest BCUT2D eigenvalue weighted by molar-refractivity contribution is 6.09. The molecule has 0 aromatic heterocycles. The summed E-state index contributed by atoms with van der Waals surface area (Å²) in [6.45, 7) is 2.24. The van der Waals surface area contributed by atoms with E-state index in [-0.39, 0.29) is 11.4 Å². The van der Waals surface area contributed by atoms with Gasteiger partial charge in [0.2, 0.25) is 0 Å². The van der Waals surface area contributed by atoms with Crippen molar-refractivity contribution in [2.75, 3.05) is 20.1 Å². The molecule has 5 heteroatoms. The third-order valence-electron chi connectivity index (χ3n) is 4.16. The number of aliphatic imine (C=N–C) groups is 1. The Morgan fingerprint density at radius 2 is 2.38 bits per heavy atom. The van der Waals surface area contributed by atoms with E-state index in [1.165, 1.54) is 19.4 Å². The molecule has 0 aliphatic carbocycles. The van der Waals surface area contributed by atoms with Crippen molar-refractivity contribution in [2.45, 2.75) is 37.3 Å². The fourth-order valence-corrected chi connectivity index (χ4v) is 3.23. The van der Waals surface area contributed by atoms with Gasteiger partial charge in [-0.15, -0.1) is 0 Å². The maximum atomic E-state index is 12.0. The van der Waals surface area contributed by atoms with Crippen molar-refractivity contribution in [1.82, 2.24) is 15.5 Å². The van der Waals surface area contributed by atoms with Gasteiger partial charge in [-0.05, 0) is 32.2 Å². The average Bonchev–Trinajstić information content (AvgIpc) is 2.85. The fourth-order valence-electron chi connectivity index (χ4n) is 3.23. The second-order valence-electron chi connectivity index (χ2n) is 5.02. The average molecular weight is 222 g/mol. The Hall–Kier alpha value is -1.10. The highest BCUT2D eigenvalue weighted by atomic mass is 16.2. The van der Waals surface area contributed by atoms with E-state index in [1.54, 1.807) is 7.05 Å². The van der Waals surface area contributed by atoms with Crippen LogP contribution in [-0.4, -0.2) is 48.5 Å². The molecule has 0 aromatic rings. The van der Waals surface area contributed by atoms with Crippen molar-refractivity contribution in [3.05, 3.63) is 0 Å². The van der Waals surface area contributed by atoms with Crippen LogP contribution in [0.3, 0.4) is 0 Å². The van der Waals surface area contributed by atoms with E-state index in [0.717, 1.165) is 19.4 Å². The fraction of sp³-hybridized carbons (Fsp3) is 0.818. The Labute approximate surface area is 95.3 Å². The van der Waals surface area contributed by atoms with Gasteiger partial charge in [0, 0.05) is 19.6 Å². The highest BCUT2D eigenvalue weighted by Gasteiger charge is 2.50. The second kappa shape index (κ2) is 3.45. The molecule has 0 aromatic carbocycles. The van der Waals surface area contributed by atoms with Crippen LogP contribution in [0.1, 0.15) is 25.7 Å². The monoisotopic (exact) mass is 222 g/mol. The highest BCUT2D eigenvalue weighted by Crippen LogP contribution is 2.34. The first kappa shape index (κ1) is 10.1. The zero-order valence-corrected chi connectivity index (χ0v) is 9.62. The molecule has 0 saturated carbocycles. The number of carbonyl (C=O) groups excluding carboxylic acids is 1. The lowest BCUT2D eigenvalue weighted by molar-refractivity contribution is -0.126. The first-order valence-corrected chi connectivity index (χ1v) is 6.04. The van der Waals surface area contributed by atoms with Crippen LogP contribution in [0.25, 0.3) is 0 Å². The van der Waals surface area contributed by atoms with Gasteiger partial charge < -0.3 is 10.2 Å². The molecular formula is C11H18N4O. The number of amides is 1. The van der Waals surface area contributed by atoms with Crippen molar-refractivity contribution < 1.29 is 4.79 Å². The number of guanidine groups is 1. The number of nitrogens with zero attached hydrogens (tertiary/aromatic N) is 2. The van der Waals surface area contributed by atoms with Crippen LogP contribution < -0.4 is 10.6 Å². The summed E-state index contributed by atoms with van der Waals surface area (Å²) in [4.78, 5) is 18.6. The molecule has 2 unspecified atom stereocenters. The molecule has 0 radical (unpaired) electrons. The molecular weight excluding hydrogens is 204 g/mol. The molecule has 3 heterocycles. The minimum absolute atomic E-state index is 0.111. The normalized spacial score (nSPS) is 41.2. The lowest BCUT2D eigenvalue weighted by Gasteiger charge is -2.39. The molecule has 1 spiro atoms. The molecule has 0 bridgehead atoms. The van der Waals surface area contributed by atoms with E-state index in [0.29, 0.717) is 12.0 Å². The smallest absolute Gasteiger partial charge is 0.252 e. The van der Waals surface area contributed by atoms with E-state index in [1.807, 2.05) is 0 Å². The molecule has 2 atom stereocenters. The lowest BCUT2D eigenvalue weighted by atomic mass is 9.83. The van der Waals surface area contributed by atoms with Gasteiger partial charge in [0.15, 0.2) is 5.96 Å². The number of hydrogen-bond acceptors (Lipinski definition) is 3. The SMILES string of the molecule is CN=C1NC(=O)C2(CCN3CCCC3C2)N1. The molecule has 3 saturated heterocycles. The quantitative estimate of drug-likeness (QED) is 0.591. The maximum Gasteiger partial charge on any atom is 0.252 e. The first-order chi connectivity index (χ1) is 7.73. The Morgan fingerprint density at radius 3 is 3.12 bits per heavy atom. The molecule has 16 heavy (non-hydrogen) atoms. The zero-order chi connectivity index (χ0) is 11.2. The number of rotatable bonds is 0. The number of nitrogens with one attached hydrogen (secondary N) is 2. The standard InChI is InChI=1S/C11H18N4O/c1-12-10-13-9(16)11(14-10)4-6-15-5-2-3-8(15)7-11/h8H,2-7H2,1H3,(H2,12,13,14,16). The second-order valence-corrected chi connectivity index (χ2v) is 5.02. The number of hydrogen-bond donors (Lipinski definition) is 2. The van der Waals surface area contributed by atoms with Crippen LogP contribution in [-0.2, 0) is 4.79 Å². The van der Waals surface area contributed by atoms with Gasteiger partial charge >= 0.3 is 0 Å².